The van der Waals surface area contributed by atoms with Gasteiger partial charge in [0.25, 0.3) is 0 Å². The van der Waals surface area contributed by atoms with E-state index < -0.39 is 23.7 Å². The maximum absolute atomic E-state index is 14.6. The molecular formula is C44H36ClNO4. The molecule has 6 heteroatoms. The van der Waals surface area contributed by atoms with Crippen LogP contribution < -0.4 is 5.32 Å². The Labute approximate surface area is 297 Å². The van der Waals surface area contributed by atoms with Crippen LogP contribution in [0.5, 0.6) is 0 Å². The van der Waals surface area contributed by atoms with Crippen LogP contribution >= 0.6 is 11.6 Å². The first-order chi connectivity index (χ1) is 24.4. The van der Waals surface area contributed by atoms with E-state index in [1.807, 2.05) is 134 Å². The van der Waals surface area contributed by atoms with E-state index in [9.17, 15) is 9.59 Å². The van der Waals surface area contributed by atoms with Gasteiger partial charge in [-0.2, -0.15) is 0 Å². The van der Waals surface area contributed by atoms with E-state index in [0.29, 0.717) is 16.1 Å². The second-order valence-corrected chi connectivity index (χ2v) is 12.9. The average molecular weight is 678 g/mol. The molecule has 0 radical (unpaired) electrons. The number of carbonyl (C=O) groups excluding carboxylic acids is 2. The summed E-state index contributed by atoms with van der Waals surface area (Å²) >= 11 is 6.91. The number of hydrogen-bond donors (Lipinski definition) is 1. The Morgan fingerprint density at radius 1 is 0.680 bits per heavy atom. The number of amides is 1. The predicted molar refractivity (Wildman–Crippen MR) is 197 cm³/mol. The van der Waals surface area contributed by atoms with Gasteiger partial charge in [0, 0.05) is 34.1 Å². The van der Waals surface area contributed by atoms with Crippen LogP contribution in [0, 0.1) is 6.92 Å². The van der Waals surface area contributed by atoms with Crippen molar-refractivity contribution in [3.05, 3.63) is 202 Å². The summed E-state index contributed by atoms with van der Waals surface area (Å²) < 4.78 is 12.6. The van der Waals surface area contributed by atoms with Gasteiger partial charge in [0.2, 0.25) is 0 Å². The van der Waals surface area contributed by atoms with Crippen LogP contribution in [0.1, 0.15) is 44.9 Å². The van der Waals surface area contributed by atoms with Gasteiger partial charge in [-0.25, -0.2) is 9.59 Å². The summed E-state index contributed by atoms with van der Waals surface area (Å²) in [6.45, 7) is 2.12. The van der Waals surface area contributed by atoms with Gasteiger partial charge in [0.05, 0.1) is 0 Å². The topological polar surface area (TPSA) is 64.6 Å². The minimum absolute atomic E-state index is 0.115. The quantitative estimate of drug-likeness (QED) is 0.116. The standard InChI is InChI=1S/C44H36ClNO4/c1-30-24-26-33(27-25-30)44(32-16-6-3-7-17-32,39-22-12-13-23-40(39)45)50-42(47)41(28-31-14-4-2-5-15-31)46-43(48)49-29-38-36-20-10-8-18-34(36)35-19-9-11-21-37(35)38/h2-27,38,41H,28-29H2,1H3,(H,46,48)/t41-,44?/m1/s1. The molecule has 0 fully saturated rings. The number of rotatable bonds is 10. The van der Waals surface area contributed by atoms with Gasteiger partial charge in [-0.05, 0) is 40.8 Å². The zero-order valence-electron chi connectivity index (χ0n) is 27.6. The second kappa shape index (κ2) is 14.5. The second-order valence-electron chi connectivity index (χ2n) is 12.5. The fourth-order valence-electron chi connectivity index (χ4n) is 6.91. The fourth-order valence-corrected chi connectivity index (χ4v) is 7.17. The number of hydrogen-bond acceptors (Lipinski definition) is 4. The molecule has 1 aliphatic carbocycles. The highest BCUT2D eigenvalue weighted by atomic mass is 35.5. The van der Waals surface area contributed by atoms with E-state index in [1.165, 1.54) is 0 Å². The lowest BCUT2D eigenvalue weighted by molar-refractivity contribution is -0.156. The molecular weight excluding hydrogens is 642 g/mol. The Hall–Kier alpha value is -5.65. The maximum Gasteiger partial charge on any atom is 0.407 e. The molecule has 0 saturated heterocycles. The molecule has 1 unspecified atom stereocenters. The normalized spacial score (nSPS) is 13.7. The number of nitrogens with one attached hydrogen (secondary N) is 1. The van der Waals surface area contributed by atoms with Crippen LogP contribution in [-0.2, 0) is 26.3 Å². The minimum atomic E-state index is -1.43. The van der Waals surface area contributed by atoms with Crippen molar-refractivity contribution in [2.75, 3.05) is 6.61 Å². The van der Waals surface area contributed by atoms with Gasteiger partial charge in [-0.3, -0.25) is 0 Å². The largest absolute Gasteiger partial charge is 0.449 e. The van der Waals surface area contributed by atoms with Gasteiger partial charge in [0.1, 0.15) is 12.6 Å². The molecule has 1 amide bonds. The van der Waals surface area contributed by atoms with Crippen molar-refractivity contribution in [1.29, 1.82) is 0 Å². The molecule has 50 heavy (non-hydrogen) atoms. The fraction of sp³-hybridized carbons (Fsp3) is 0.136. The van der Waals surface area contributed by atoms with E-state index >= 15 is 0 Å². The van der Waals surface area contributed by atoms with E-state index in [0.717, 1.165) is 38.9 Å². The summed E-state index contributed by atoms with van der Waals surface area (Å²) in [5, 5.41) is 3.31. The lowest BCUT2D eigenvalue weighted by Crippen LogP contribution is -2.47. The molecule has 5 nitrogen and oxygen atoms in total. The molecule has 6 aromatic carbocycles. The lowest BCUT2D eigenvalue weighted by atomic mass is 9.79. The van der Waals surface area contributed by atoms with Crippen LogP contribution in [0.3, 0.4) is 0 Å². The number of aryl methyl sites for hydroxylation is 1. The van der Waals surface area contributed by atoms with Crippen molar-refractivity contribution in [2.45, 2.75) is 30.9 Å². The maximum atomic E-state index is 14.6. The first-order valence-corrected chi connectivity index (χ1v) is 17.1. The Balaban J connectivity index is 1.22. The number of fused-ring (bicyclic) bond motifs is 3. The number of ether oxygens (including phenoxy) is 2. The van der Waals surface area contributed by atoms with Crippen molar-refractivity contribution >= 4 is 23.7 Å². The molecule has 0 spiro atoms. The van der Waals surface area contributed by atoms with E-state index in [2.05, 4.69) is 29.6 Å². The summed E-state index contributed by atoms with van der Waals surface area (Å²) in [6, 6.07) is 49.6. The zero-order chi connectivity index (χ0) is 34.5. The van der Waals surface area contributed by atoms with Crippen molar-refractivity contribution in [3.63, 3.8) is 0 Å². The number of halogens is 1. The summed E-state index contributed by atoms with van der Waals surface area (Å²) in [5.74, 6) is -0.758. The van der Waals surface area contributed by atoms with Crippen molar-refractivity contribution in [1.82, 2.24) is 5.32 Å². The molecule has 0 aliphatic heterocycles. The molecule has 6 aromatic rings. The van der Waals surface area contributed by atoms with Crippen LogP contribution in [-0.4, -0.2) is 24.7 Å². The van der Waals surface area contributed by atoms with Crippen LogP contribution in [0.2, 0.25) is 5.02 Å². The highest BCUT2D eigenvalue weighted by molar-refractivity contribution is 6.31. The third-order valence-electron chi connectivity index (χ3n) is 9.35. The number of carbonyl (C=O) groups is 2. The first-order valence-electron chi connectivity index (χ1n) is 16.7. The van der Waals surface area contributed by atoms with Gasteiger partial charge in [0.15, 0.2) is 5.60 Å². The van der Waals surface area contributed by atoms with Gasteiger partial charge >= 0.3 is 12.1 Å². The van der Waals surface area contributed by atoms with E-state index in [4.69, 9.17) is 21.1 Å². The summed E-state index contributed by atoms with van der Waals surface area (Å²) in [5.41, 5.74) is 6.99. The van der Waals surface area contributed by atoms with Gasteiger partial charge in [-0.15, -0.1) is 0 Å². The Morgan fingerprint density at radius 2 is 1.22 bits per heavy atom. The number of esters is 1. The molecule has 0 aromatic heterocycles. The zero-order valence-corrected chi connectivity index (χ0v) is 28.3. The summed E-state index contributed by atoms with van der Waals surface area (Å²) in [6.07, 6.45) is -0.520. The smallest absolute Gasteiger partial charge is 0.407 e. The molecule has 1 N–H and O–H groups in total. The number of alkyl carbamates (subject to hydrolysis) is 1. The molecule has 248 valence electrons. The predicted octanol–water partition coefficient (Wildman–Crippen LogP) is 9.63. The molecule has 0 heterocycles. The molecule has 0 saturated carbocycles. The molecule has 2 atom stereocenters. The SMILES string of the molecule is Cc1ccc(C(OC(=O)[C@@H](Cc2ccccc2)NC(=O)OCC2c3ccccc3-c3ccccc32)(c2ccccc2)c2ccccc2Cl)cc1. The molecule has 1 aliphatic rings. The van der Waals surface area contributed by atoms with Crippen molar-refractivity contribution in [3.8, 4) is 11.1 Å². The summed E-state index contributed by atoms with van der Waals surface area (Å²) in [4.78, 5) is 28.3. The average Bonchev–Trinajstić information content (AvgIpc) is 3.47. The Kier molecular flexibility index (Phi) is 9.50. The van der Waals surface area contributed by atoms with Crippen molar-refractivity contribution in [2.24, 2.45) is 0 Å². The molecule has 0 bridgehead atoms. The Bertz CT molecular complexity index is 2070. The third kappa shape index (κ3) is 6.52. The van der Waals surface area contributed by atoms with Crippen molar-refractivity contribution < 1.29 is 19.1 Å². The van der Waals surface area contributed by atoms with Gasteiger partial charge < -0.3 is 14.8 Å². The molecule has 7 rings (SSSR count). The highest BCUT2D eigenvalue weighted by Gasteiger charge is 2.44. The summed E-state index contributed by atoms with van der Waals surface area (Å²) in [7, 11) is 0. The van der Waals surface area contributed by atoms with Gasteiger partial charge in [-0.1, -0.05) is 169 Å². The third-order valence-corrected chi connectivity index (χ3v) is 9.68. The first kappa shape index (κ1) is 32.9. The number of benzene rings is 6. The van der Waals surface area contributed by atoms with E-state index in [-0.39, 0.29) is 18.9 Å². The highest BCUT2D eigenvalue weighted by Crippen LogP contribution is 2.45. The van der Waals surface area contributed by atoms with Crippen LogP contribution in [0.25, 0.3) is 11.1 Å². The minimum Gasteiger partial charge on any atom is -0.449 e. The Morgan fingerprint density at radius 3 is 1.86 bits per heavy atom. The van der Waals surface area contributed by atoms with Crippen LogP contribution in [0.15, 0.2) is 158 Å². The monoisotopic (exact) mass is 677 g/mol. The van der Waals surface area contributed by atoms with Crippen LogP contribution in [0.4, 0.5) is 4.79 Å². The lowest BCUT2D eigenvalue weighted by Gasteiger charge is -2.37. The van der Waals surface area contributed by atoms with E-state index in [1.54, 1.807) is 6.07 Å².